The van der Waals surface area contributed by atoms with E-state index in [1.165, 1.54) is 11.1 Å². The fourth-order valence-electron chi connectivity index (χ4n) is 3.16. The minimum atomic E-state index is 0.161. The first kappa shape index (κ1) is 10.6. The van der Waals surface area contributed by atoms with Crippen molar-refractivity contribution in [2.45, 2.75) is 32.2 Å². The van der Waals surface area contributed by atoms with E-state index in [1.807, 2.05) is 6.07 Å². The highest BCUT2D eigenvalue weighted by Gasteiger charge is 2.45. The molecule has 3 rings (SSSR count). The van der Waals surface area contributed by atoms with Crippen LogP contribution in [0.3, 0.4) is 0 Å². The van der Waals surface area contributed by atoms with Crippen molar-refractivity contribution in [3.8, 4) is 5.75 Å². The SMILES string of the molecule is COc1ccc2c(c1)[C@H]1NC(=O)CC[C@@]1(C)C2. The number of ether oxygens (including phenoxy) is 1. The normalized spacial score (nSPS) is 30.5. The highest BCUT2D eigenvalue weighted by Crippen LogP contribution is 2.50. The van der Waals surface area contributed by atoms with E-state index in [-0.39, 0.29) is 17.4 Å². The molecule has 17 heavy (non-hydrogen) atoms. The number of rotatable bonds is 1. The Balaban J connectivity index is 2.05. The van der Waals surface area contributed by atoms with Gasteiger partial charge in [-0.05, 0) is 41.5 Å². The Kier molecular flexibility index (Phi) is 2.18. The average Bonchev–Trinajstić information content (AvgIpc) is 2.61. The lowest BCUT2D eigenvalue weighted by Gasteiger charge is -2.36. The average molecular weight is 231 g/mol. The molecule has 1 aliphatic carbocycles. The Morgan fingerprint density at radius 3 is 3.06 bits per heavy atom. The summed E-state index contributed by atoms with van der Waals surface area (Å²) in [6, 6.07) is 6.36. The maximum absolute atomic E-state index is 11.6. The number of methoxy groups -OCH3 is 1. The van der Waals surface area contributed by atoms with Gasteiger partial charge in [-0.3, -0.25) is 4.79 Å². The summed E-state index contributed by atoms with van der Waals surface area (Å²) in [6.07, 6.45) is 2.68. The Hall–Kier alpha value is -1.51. The van der Waals surface area contributed by atoms with Crippen LogP contribution in [0.1, 0.15) is 36.9 Å². The topological polar surface area (TPSA) is 38.3 Å². The van der Waals surface area contributed by atoms with E-state index < -0.39 is 0 Å². The molecule has 1 aromatic carbocycles. The van der Waals surface area contributed by atoms with Crippen LogP contribution in [-0.2, 0) is 11.2 Å². The van der Waals surface area contributed by atoms with Crippen molar-refractivity contribution in [1.29, 1.82) is 0 Å². The molecule has 0 radical (unpaired) electrons. The van der Waals surface area contributed by atoms with E-state index in [2.05, 4.69) is 24.4 Å². The first-order valence-electron chi connectivity index (χ1n) is 6.08. The number of hydrogen-bond donors (Lipinski definition) is 1. The first-order chi connectivity index (χ1) is 8.12. The van der Waals surface area contributed by atoms with Gasteiger partial charge in [-0.25, -0.2) is 0 Å². The molecule has 1 aliphatic heterocycles. The second kappa shape index (κ2) is 3.49. The lowest BCUT2D eigenvalue weighted by molar-refractivity contribution is -0.125. The lowest BCUT2D eigenvalue weighted by atomic mass is 9.76. The summed E-state index contributed by atoms with van der Waals surface area (Å²) >= 11 is 0. The van der Waals surface area contributed by atoms with Gasteiger partial charge in [0.15, 0.2) is 0 Å². The summed E-state index contributed by atoms with van der Waals surface area (Å²) in [6.45, 7) is 2.27. The third-order valence-corrected chi connectivity index (χ3v) is 4.18. The molecule has 1 heterocycles. The number of benzene rings is 1. The van der Waals surface area contributed by atoms with Crippen LogP contribution in [0.2, 0.25) is 0 Å². The number of carbonyl (C=O) groups is 1. The molecule has 90 valence electrons. The molecule has 1 aromatic rings. The van der Waals surface area contributed by atoms with E-state index in [4.69, 9.17) is 4.74 Å². The molecule has 0 unspecified atom stereocenters. The summed E-state index contributed by atoms with van der Waals surface area (Å²) in [5.41, 5.74) is 2.77. The van der Waals surface area contributed by atoms with Crippen molar-refractivity contribution in [2.24, 2.45) is 5.41 Å². The van der Waals surface area contributed by atoms with Gasteiger partial charge in [0.05, 0.1) is 13.2 Å². The minimum absolute atomic E-state index is 0.161. The maximum atomic E-state index is 11.6. The highest BCUT2D eigenvalue weighted by atomic mass is 16.5. The molecule has 2 atom stereocenters. The number of piperidine rings is 1. The van der Waals surface area contributed by atoms with E-state index >= 15 is 0 Å². The van der Waals surface area contributed by atoms with Crippen LogP contribution in [-0.4, -0.2) is 13.0 Å². The molecular weight excluding hydrogens is 214 g/mol. The number of amides is 1. The number of carbonyl (C=O) groups excluding carboxylic acids is 1. The zero-order chi connectivity index (χ0) is 12.0. The van der Waals surface area contributed by atoms with Gasteiger partial charge in [0.1, 0.15) is 5.75 Å². The molecule has 3 nitrogen and oxygen atoms in total. The fraction of sp³-hybridized carbons (Fsp3) is 0.500. The molecule has 1 amide bonds. The van der Waals surface area contributed by atoms with Gasteiger partial charge in [-0.2, -0.15) is 0 Å². The summed E-state index contributed by atoms with van der Waals surface area (Å²) < 4.78 is 5.27. The predicted octanol–water partition coefficient (Wildman–Crippen LogP) is 2.21. The van der Waals surface area contributed by atoms with Crippen LogP contribution < -0.4 is 10.1 Å². The van der Waals surface area contributed by atoms with Crippen molar-refractivity contribution in [2.75, 3.05) is 7.11 Å². The molecule has 0 aromatic heterocycles. The van der Waals surface area contributed by atoms with Crippen molar-refractivity contribution in [3.05, 3.63) is 29.3 Å². The molecule has 1 N–H and O–H groups in total. The van der Waals surface area contributed by atoms with Gasteiger partial charge in [-0.15, -0.1) is 0 Å². The lowest BCUT2D eigenvalue weighted by Crippen LogP contribution is -2.42. The van der Waals surface area contributed by atoms with Crippen molar-refractivity contribution in [3.63, 3.8) is 0 Å². The van der Waals surface area contributed by atoms with Gasteiger partial charge in [0.25, 0.3) is 0 Å². The fourth-order valence-corrected chi connectivity index (χ4v) is 3.16. The zero-order valence-electron chi connectivity index (χ0n) is 10.2. The molecule has 0 bridgehead atoms. The molecule has 0 spiro atoms. The second-order valence-electron chi connectivity index (χ2n) is 5.40. The third-order valence-electron chi connectivity index (χ3n) is 4.18. The summed E-state index contributed by atoms with van der Waals surface area (Å²) in [5.74, 6) is 1.04. The predicted molar refractivity (Wildman–Crippen MR) is 64.9 cm³/mol. The standard InChI is InChI=1S/C14H17NO2/c1-14-6-5-12(16)15-13(14)11-7-10(17-2)4-3-9(11)8-14/h3-4,7,13H,5-6,8H2,1-2H3,(H,15,16)/t13-,14+/m1/s1. The van der Waals surface area contributed by atoms with Crippen LogP contribution >= 0.6 is 0 Å². The zero-order valence-corrected chi connectivity index (χ0v) is 10.2. The number of nitrogens with one attached hydrogen (secondary N) is 1. The third kappa shape index (κ3) is 1.53. The molecule has 2 aliphatic rings. The van der Waals surface area contributed by atoms with Crippen LogP contribution in [0, 0.1) is 5.41 Å². The maximum Gasteiger partial charge on any atom is 0.220 e. The molecule has 3 heteroatoms. The summed E-state index contributed by atoms with van der Waals surface area (Å²) in [7, 11) is 1.68. The monoisotopic (exact) mass is 231 g/mol. The second-order valence-corrected chi connectivity index (χ2v) is 5.40. The van der Waals surface area contributed by atoms with E-state index in [0.29, 0.717) is 6.42 Å². The van der Waals surface area contributed by atoms with Crippen LogP contribution in [0.5, 0.6) is 5.75 Å². The van der Waals surface area contributed by atoms with Crippen LogP contribution in [0.4, 0.5) is 0 Å². The molecular formula is C14H17NO2. The van der Waals surface area contributed by atoms with Crippen molar-refractivity contribution < 1.29 is 9.53 Å². The number of fused-ring (bicyclic) bond motifs is 3. The molecule has 1 saturated heterocycles. The Labute approximate surface area is 101 Å². The minimum Gasteiger partial charge on any atom is -0.497 e. The van der Waals surface area contributed by atoms with Crippen LogP contribution in [0.15, 0.2) is 18.2 Å². The van der Waals surface area contributed by atoms with Gasteiger partial charge in [0.2, 0.25) is 5.91 Å². The Bertz CT molecular complexity index is 483. The van der Waals surface area contributed by atoms with Gasteiger partial charge >= 0.3 is 0 Å². The van der Waals surface area contributed by atoms with E-state index in [1.54, 1.807) is 7.11 Å². The summed E-state index contributed by atoms with van der Waals surface area (Å²) in [4.78, 5) is 11.6. The van der Waals surface area contributed by atoms with Crippen molar-refractivity contribution >= 4 is 5.91 Å². The number of hydrogen-bond acceptors (Lipinski definition) is 2. The van der Waals surface area contributed by atoms with Gasteiger partial charge in [0, 0.05) is 6.42 Å². The summed E-state index contributed by atoms with van der Waals surface area (Å²) in [5, 5.41) is 3.13. The Morgan fingerprint density at radius 2 is 2.29 bits per heavy atom. The van der Waals surface area contributed by atoms with Crippen molar-refractivity contribution in [1.82, 2.24) is 5.32 Å². The quantitative estimate of drug-likeness (QED) is 0.804. The highest BCUT2D eigenvalue weighted by molar-refractivity contribution is 5.78. The van der Waals surface area contributed by atoms with Gasteiger partial charge in [-0.1, -0.05) is 13.0 Å². The van der Waals surface area contributed by atoms with Gasteiger partial charge < -0.3 is 10.1 Å². The van der Waals surface area contributed by atoms with Crippen LogP contribution in [0.25, 0.3) is 0 Å². The Morgan fingerprint density at radius 1 is 1.47 bits per heavy atom. The molecule has 1 fully saturated rings. The first-order valence-corrected chi connectivity index (χ1v) is 6.08. The molecule has 0 saturated carbocycles. The largest absolute Gasteiger partial charge is 0.497 e. The van der Waals surface area contributed by atoms with E-state index in [9.17, 15) is 4.79 Å². The smallest absolute Gasteiger partial charge is 0.220 e. The van der Waals surface area contributed by atoms with E-state index in [0.717, 1.165) is 18.6 Å².